The zero-order valence-corrected chi connectivity index (χ0v) is 13.0. The largest absolute Gasteiger partial charge is 0.459 e. The van der Waals surface area contributed by atoms with E-state index in [9.17, 15) is 4.79 Å². The first kappa shape index (κ1) is 15.4. The van der Waals surface area contributed by atoms with Crippen molar-refractivity contribution >= 4 is 16.9 Å². The number of hydrogen-bond donors (Lipinski definition) is 1. The molecule has 2 N–H and O–H groups in total. The molecule has 4 heteroatoms. The van der Waals surface area contributed by atoms with Gasteiger partial charge in [-0.3, -0.25) is 9.78 Å². The number of nitrogens with zero attached hydrogens (tertiary/aromatic N) is 1. The van der Waals surface area contributed by atoms with Gasteiger partial charge in [-0.25, -0.2) is 0 Å². The minimum Gasteiger partial charge on any atom is -0.459 e. The van der Waals surface area contributed by atoms with Gasteiger partial charge in [0.15, 0.2) is 0 Å². The fourth-order valence-corrected chi connectivity index (χ4v) is 2.12. The Hall–Kier alpha value is -1.94. The molecule has 1 aromatic heterocycles. The number of pyridine rings is 1. The molecule has 2 aromatic rings. The highest BCUT2D eigenvalue weighted by atomic mass is 16.6. The van der Waals surface area contributed by atoms with Gasteiger partial charge in [-0.15, -0.1) is 0 Å². The van der Waals surface area contributed by atoms with E-state index in [0.29, 0.717) is 6.42 Å². The average molecular weight is 286 g/mol. The van der Waals surface area contributed by atoms with E-state index < -0.39 is 11.6 Å². The summed E-state index contributed by atoms with van der Waals surface area (Å²) in [5, 5.41) is 1.05. The first-order valence-corrected chi connectivity index (χ1v) is 7.09. The van der Waals surface area contributed by atoms with Gasteiger partial charge in [0, 0.05) is 11.1 Å². The Balaban J connectivity index is 2.12. The lowest BCUT2D eigenvalue weighted by Crippen LogP contribution is -2.38. The molecule has 4 nitrogen and oxygen atoms in total. The first-order chi connectivity index (χ1) is 9.74. The smallest absolute Gasteiger partial charge is 0.323 e. The van der Waals surface area contributed by atoms with Gasteiger partial charge >= 0.3 is 5.97 Å². The lowest BCUT2D eigenvalue weighted by Gasteiger charge is -2.22. The van der Waals surface area contributed by atoms with Crippen LogP contribution in [-0.2, 0) is 16.0 Å². The number of ether oxygens (including phenoxy) is 1. The molecule has 0 spiro atoms. The van der Waals surface area contributed by atoms with E-state index in [0.717, 1.165) is 22.2 Å². The number of aromatic nitrogens is 1. The summed E-state index contributed by atoms with van der Waals surface area (Å²) in [6.45, 7) is 7.47. The van der Waals surface area contributed by atoms with Crippen molar-refractivity contribution in [2.24, 2.45) is 5.73 Å². The van der Waals surface area contributed by atoms with Crippen molar-refractivity contribution < 1.29 is 9.53 Å². The minimum atomic E-state index is -0.653. The van der Waals surface area contributed by atoms with E-state index in [-0.39, 0.29) is 5.97 Å². The highest BCUT2D eigenvalue weighted by Crippen LogP contribution is 2.16. The monoisotopic (exact) mass is 286 g/mol. The predicted molar refractivity (Wildman–Crippen MR) is 84.0 cm³/mol. The van der Waals surface area contributed by atoms with Crippen LogP contribution in [-0.4, -0.2) is 22.6 Å². The summed E-state index contributed by atoms with van der Waals surface area (Å²) in [6.07, 6.45) is 0.457. The molecule has 2 rings (SSSR count). The Morgan fingerprint density at radius 3 is 2.67 bits per heavy atom. The number of benzene rings is 1. The van der Waals surface area contributed by atoms with Gasteiger partial charge in [0.05, 0.1) is 5.52 Å². The maximum atomic E-state index is 11.9. The fraction of sp³-hybridized carbons (Fsp3) is 0.412. The molecule has 0 saturated carbocycles. The van der Waals surface area contributed by atoms with Gasteiger partial charge in [-0.2, -0.15) is 0 Å². The summed E-state index contributed by atoms with van der Waals surface area (Å²) in [5.74, 6) is -0.371. The van der Waals surface area contributed by atoms with Crippen LogP contribution in [0.1, 0.15) is 32.0 Å². The summed E-state index contributed by atoms with van der Waals surface area (Å²) < 4.78 is 5.30. The maximum Gasteiger partial charge on any atom is 0.323 e. The molecule has 0 saturated heterocycles. The van der Waals surface area contributed by atoms with Crippen LogP contribution in [0.4, 0.5) is 0 Å². The van der Waals surface area contributed by atoms with Crippen LogP contribution in [0.2, 0.25) is 0 Å². The van der Waals surface area contributed by atoms with Gasteiger partial charge in [0.25, 0.3) is 0 Å². The van der Waals surface area contributed by atoms with Crippen molar-refractivity contribution in [3.8, 4) is 0 Å². The second-order valence-electron chi connectivity index (χ2n) is 6.32. The van der Waals surface area contributed by atoms with Gasteiger partial charge in [0.1, 0.15) is 11.6 Å². The standard InChI is InChI=1S/C17H22N2O2/c1-11-5-7-13-9-12(6-8-15(13)19-11)10-14(18)16(20)21-17(2,3)4/h5-9,14H,10,18H2,1-4H3/t14-/m0/s1. The van der Waals surface area contributed by atoms with E-state index in [2.05, 4.69) is 4.98 Å². The van der Waals surface area contributed by atoms with Crippen molar-refractivity contribution in [1.29, 1.82) is 0 Å². The Morgan fingerprint density at radius 1 is 1.29 bits per heavy atom. The Kier molecular flexibility index (Phi) is 4.28. The molecule has 0 radical (unpaired) electrons. The molecule has 21 heavy (non-hydrogen) atoms. The number of rotatable bonds is 3. The lowest BCUT2D eigenvalue weighted by atomic mass is 10.0. The van der Waals surface area contributed by atoms with Gasteiger partial charge < -0.3 is 10.5 Å². The zero-order valence-electron chi connectivity index (χ0n) is 13.0. The molecule has 1 heterocycles. The number of esters is 1. The topological polar surface area (TPSA) is 65.2 Å². The van der Waals surface area contributed by atoms with Crippen molar-refractivity contribution in [3.05, 3.63) is 41.6 Å². The van der Waals surface area contributed by atoms with Crippen molar-refractivity contribution in [2.45, 2.75) is 45.8 Å². The molecule has 0 aliphatic carbocycles. The molecule has 1 aromatic carbocycles. The molecule has 0 aliphatic heterocycles. The van der Waals surface area contributed by atoms with Gasteiger partial charge in [-0.05, 0) is 57.9 Å². The maximum absolute atomic E-state index is 11.9. The number of aryl methyl sites for hydroxylation is 1. The summed E-state index contributed by atoms with van der Waals surface area (Å²) in [6, 6.07) is 9.28. The quantitative estimate of drug-likeness (QED) is 0.881. The molecule has 0 fully saturated rings. The summed E-state index contributed by atoms with van der Waals surface area (Å²) >= 11 is 0. The Bertz CT molecular complexity index is 659. The second kappa shape index (κ2) is 5.82. The molecular formula is C17H22N2O2. The molecule has 112 valence electrons. The van der Waals surface area contributed by atoms with E-state index in [1.165, 1.54) is 0 Å². The Morgan fingerprint density at radius 2 is 2.00 bits per heavy atom. The van der Waals surface area contributed by atoms with Crippen LogP contribution in [0.15, 0.2) is 30.3 Å². The summed E-state index contributed by atoms with van der Waals surface area (Å²) in [4.78, 5) is 16.4. The number of nitrogens with two attached hydrogens (primary N) is 1. The van der Waals surface area contributed by atoms with Crippen LogP contribution < -0.4 is 5.73 Å². The van der Waals surface area contributed by atoms with Crippen LogP contribution in [0.25, 0.3) is 10.9 Å². The van der Waals surface area contributed by atoms with Crippen molar-refractivity contribution in [2.75, 3.05) is 0 Å². The number of carbonyl (C=O) groups excluding carboxylic acids is 1. The van der Waals surface area contributed by atoms with Crippen LogP contribution in [0.3, 0.4) is 0 Å². The lowest BCUT2D eigenvalue weighted by molar-refractivity contribution is -0.156. The van der Waals surface area contributed by atoms with Crippen LogP contribution >= 0.6 is 0 Å². The van der Waals surface area contributed by atoms with E-state index in [4.69, 9.17) is 10.5 Å². The third-order valence-corrected chi connectivity index (χ3v) is 3.06. The summed E-state index contributed by atoms with van der Waals surface area (Å²) in [5.41, 5.74) is 8.36. The molecule has 0 unspecified atom stereocenters. The zero-order chi connectivity index (χ0) is 15.6. The third-order valence-electron chi connectivity index (χ3n) is 3.06. The fourth-order valence-electron chi connectivity index (χ4n) is 2.12. The molecule has 0 aliphatic rings. The molecule has 0 amide bonds. The first-order valence-electron chi connectivity index (χ1n) is 7.09. The van der Waals surface area contributed by atoms with Crippen LogP contribution in [0.5, 0.6) is 0 Å². The van der Waals surface area contributed by atoms with Gasteiger partial charge in [0.2, 0.25) is 0 Å². The van der Waals surface area contributed by atoms with Crippen LogP contribution in [0, 0.1) is 6.92 Å². The van der Waals surface area contributed by atoms with Crippen molar-refractivity contribution in [3.63, 3.8) is 0 Å². The highest BCUT2D eigenvalue weighted by Gasteiger charge is 2.22. The number of carbonyl (C=O) groups is 1. The van der Waals surface area contributed by atoms with E-state index in [1.807, 2.05) is 58.0 Å². The summed E-state index contributed by atoms with van der Waals surface area (Å²) in [7, 11) is 0. The molecule has 1 atom stereocenters. The van der Waals surface area contributed by atoms with Gasteiger partial charge in [-0.1, -0.05) is 12.1 Å². The predicted octanol–water partition coefficient (Wildman–Crippen LogP) is 2.75. The molecule has 0 bridgehead atoms. The SMILES string of the molecule is Cc1ccc2cc(C[C@H](N)C(=O)OC(C)(C)C)ccc2n1. The minimum absolute atomic E-state index is 0.371. The normalized spacial score (nSPS) is 13.2. The second-order valence-corrected chi connectivity index (χ2v) is 6.32. The number of fused-ring (bicyclic) bond motifs is 1. The van der Waals surface area contributed by atoms with E-state index >= 15 is 0 Å². The number of hydrogen-bond acceptors (Lipinski definition) is 4. The van der Waals surface area contributed by atoms with Crippen molar-refractivity contribution in [1.82, 2.24) is 4.98 Å². The highest BCUT2D eigenvalue weighted by molar-refractivity contribution is 5.80. The third kappa shape index (κ3) is 4.26. The van der Waals surface area contributed by atoms with E-state index in [1.54, 1.807) is 0 Å². The Labute approximate surface area is 125 Å². The molecular weight excluding hydrogens is 264 g/mol. The average Bonchev–Trinajstić information content (AvgIpc) is 2.37.